The molecule has 154 valence electrons. The van der Waals surface area contributed by atoms with Crippen molar-refractivity contribution in [1.29, 1.82) is 0 Å². The first-order valence-corrected chi connectivity index (χ1v) is 11.0. The number of hydrogen-bond acceptors (Lipinski definition) is 7. The summed E-state index contributed by atoms with van der Waals surface area (Å²) in [6, 6.07) is 7.43. The number of carbonyl (C=O) groups excluding carboxylic acids is 1. The molecule has 4 rings (SSSR count). The second-order valence-corrected chi connectivity index (χ2v) is 9.40. The Kier molecular flexibility index (Phi) is 5.44. The Morgan fingerprint density at radius 1 is 1.33 bits per heavy atom. The Morgan fingerprint density at radius 3 is 2.90 bits per heavy atom. The van der Waals surface area contributed by atoms with Crippen molar-refractivity contribution >= 4 is 44.9 Å². The molecule has 0 aliphatic carbocycles. The SMILES string of the molecule is CC(=O)Nc1cccc(-n2cnnc2S[C@H](C)c2nc3sc(C)c(C)c3c(=O)[nH]2)c1. The molecule has 1 atom stereocenters. The van der Waals surface area contributed by atoms with Gasteiger partial charge in [0, 0.05) is 17.5 Å². The van der Waals surface area contributed by atoms with E-state index in [9.17, 15) is 9.59 Å². The van der Waals surface area contributed by atoms with Crippen LogP contribution in [-0.4, -0.2) is 30.6 Å². The number of fused-ring (bicyclic) bond motifs is 1. The summed E-state index contributed by atoms with van der Waals surface area (Å²) >= 11 is 2.98. The van der Waals surface area contributed by atoms with Crippen molar-refractivity contribution in [3.8, 4) is 5.69 Å². The summed E-state index contributed by atoms with van der Waals surface area (Å²) in [5, 5.41) is 12.2. The summed E-state index contributed by atoms with van der Waals surface area (Å²) in [4.78, 5) is 33.4. The van der Waals surface area contributed by atoms with E-state index in [2.05, 4.69) is 25.5 Å². The lowest BCUT2D eigenvalue weighted by Gasteiger charge is -2.12. The monoisotopic (exact) mass is 440 g/mol. The molecule has 4 aromatic rings. The van der Waals surface area contributed by atoms with E-state index in [0.29, 0.717) is 22.1 Å². The number of aryl methyl sites for hydroxylation is 2. The maximum absolute atomic E-state index is 12.6. The van der Waals surface area contributed by atoms with Gasteiger partial charge in [-0.15, -0.1) is 21.5 Å². The lowest BCUT2D eigenvalue weighted by Crippen LogP contribution is -2.12. The Morgan fingerprint density at radius 2 is 2.13 bits per heavy atom. The third-order valence-corrected chi connectivity index (χ3v) is 6.85. The number of rotatable bonds is 5. The number of amides is 1. The molecular weight excluding hydrogens is 420 g/mol. The minimum absolute atomic E-state index is 0.117. The lowest BCUT2D eigenvalue weighted by atomic mass is 10.2. The average molecular weight is 441 g/mol. The van der Waals surface area contributed by atoms with Gasteiger partial charge in [-0.3, -0.25) is 14.2 Å². The highest BCUT2D eigenvalue weighted by Crippen LogP contribution is 2.34. The molecule has 1 aromatic carbocycles. The fourth-order valence-electron chi connectivity index (χ4n) is 3.10. The third kappa shape index (κ3) is 3.88. The summed E-state index contributed by atoms with van der Waals surface area (Å²) in [5.41, 5.74) is 2.38. The minimum atomic E-state index is -0.147. The van der Waals surface area contributed by atoms with Gasteiger partial charge in [0.05, 0.1) is 16.3 Å². The van der Waals surface area contributed by atoms with Crippen LogP contribution < -0.4 is 10.9 Å². The van der Waals surface area contributed by atoms with Crippen LogP contribution in [0.25, 0.3) is 15.9 Å². The van der Waals surface area contributed by atoms with Gasteiger partial charge < -0.3 is 10.3 Å². The molecule has 0 aliphatic rings. The molecule has 0 fully saturated rings. The van der Waals surface area contributed by atoms with Gasteiger partial charge in [-0.25, -0.2) is 4.98 Å². The van der Waals surface area contributed by atoms with Crippen LogP contribution in [0, 0.1) is 13.8 Å². The number of aromatic amines is 1. The number of benzene rings is 1. The molecule has 2 N–H and O–H groups in total. The van der Waals surface area contributed by atoms with Crippen LogP contribution in [-0.2, 0) is 4.79 Å². The zero-order valence-corrected chi connectivity index (χ0v) is 18.5. The van der Waals surface area contributed by atoms with Crippen molar-refractivity contribution < 1.29 is 4.79 Å². The van der Waals surface area contributed by atoms with Gasteiger partial charge in [-0.05, 0) is 44.5 Å². The quantitative estimate of drug-likeness (QED) is 0.455. The van der Waals surface area contributed by atoms with Crippen LogP contribution in [0.15, 0.2) is 40.5 Å². The molecule has 0 saturated heterocycles. The predicted octanol–water partition coefficient (Wildman–Crippen LogP) is 3.99. The summed E-state index contributed by atoms with van der Waals surface area (Å²) in [7, 11) is 0. The lowest BCUT2D eigenvalue weighted by molar-refractivity contribution is -0.114. The van der Waals surface area contributed by atoms with Crippen LogP contribution in [0.3, 0.4) is 0 Å². The fourth-order valence-corrected chi connectivity index (χ4v) is 5.03. The third-order valence-electron chi connectivity index (χ3n) is 4.69. The molecule has 8 nitrogen and oxygen atoms in total. The van der Waals surface area contributed by atoms with Crippen molar-refractivity contribution in [1.82, 2.24) is 24.7 Å². The molecule has 0 saturated carbocycles. The number of H-pyrrole nitrogens is 1. The molecule has 0 spiro atoms. The second-order valence-electron chi connectivity index (χ2n) is 6.89. The summed E-state index contributed by atoms with van der Waals surface area (Å²) in [5.74, 6) is 0.462. The highest BCUT2D eigenvalue weighted by Gasteiger charge is 2.19. The summed E-state index contributed by atoms with van der Waals surface area (Å²) < 4.78 is 1.84. The predicted molar refractivity (Wildman–Crippen MR) is 120 cm³/mol. The number of nitrogens with zero attached hydrogens (tertiary/aromatic N) is 4. The largest absolute Gasteiger partial charge is 0.326 e. The Labute approximate surface area is 180 Å². The highest BCUT2D eigenvalue weighted by atomic mass is 32.2. The number of thioether (sulfide) groups is 1. The maximum Gasteiger partial charge on any atom is 0.259 e. The van der Waals surface area contributed by atoms with Gasteiger partial charge in [0.1, 0.15) is 17.0 Å². The zero-order chi connectivity index (χ0) is 21.4. The average Bonchev–Trinajstić information content (AvgIpc) is 3.26. The van der Waals surface area contributed by atoms with Crippen molar-refractivity contribution in [3.63, 3.8) is 0 Å². The Balaban J connectivity index is 1.64. The van der Waals surface area contributed by atoms with E-state index in [-0.39, 0.29) is 16.7 Å². The van der Waals surface area contributed by atoms with Gasteiger partial charge in [0.2, 0.25) is 5.91 Å². The van der Waals surface area contributed by atoms with Crippen LogP contribution in [0.4, 0.5) is 5.69 Å². The number of carbonyl (C=O) groups is 1. The molecule has 0 radical (unpaired) electrons. The van der Waals surface area contributed by atoms with Gasteiger partial charge in [0.25, 0.3) is 5.56 Å². The number of anilines is 1. The van der Waals surface area contributed by atoms with Crippen LogP contribution in [0.1, 0.15) is 35.4 Å². The van der Waals surface area contributed by atoms with Gasteiger partial charge in [-0.1, -0.05) is 17.8 Å². The fraction of sp³-hybridized carbons (Fsp3) is 0.250. The molecule has 0 unspecified atom stereocenters. The molecular formula is C20H20N6O2S2. The van der Waals surface area contributed by atoms with Gasteiger partial charge in [-0.2, -0.15) is 0 Å². The molecule has 0 aliphatic heterocycles. The van der Waals surface area contributed by atoms with E-state index in [1.54, 1.807) is 6.33 Å². The topological polar surface area (TPSA) is 106 Å². The number of hydrogen-bond donors (Lipinski definition) is 2. The summed E-state index contributed by atoms with van der Waals surface area (Å²) in [6.45, 7) is 7.38. The number of thiophene rings is 1. The van der Waals surface area contributed by atoms with E-state index >= 15 is 0 Å². The highest BCUT2D eigenvalue weighted by molar-refractivity contribution is 7.99. The first-order valence-electron chi connectivity index (χ1n) is 9.28. The van der Waals surface area contributed by atoms with Gasteiger partial charge in [0.15, 0.2) is 5.16 Å². The van der Waals surface area contributed by atoms with E-state index < -0.39 is 0 Å². The number of nitrogens with one attached hydrogen (secondary N) is 2. The van der Waals surface area contributed by atoms with Crippen molar-refractivity contribution in [2.75, 3.05) is 5.32 Å². The molecule has 3 heterocycles. The second kappa shape index (κ2) is 8.04. The molecule has 10 heteroatoms. The molecule has 0 bridgehead atoms. The van der Waals surface area contributed by atoms with Crippen LogP contribution in [0.2, 0.25) is 0 Å². The first kappa shape index (κ1) is 20.3. The van der Waals surface area contributed by atoms with Crippen molar-refractivity contribution in [2.24, 2.45) is 0 Å². The maximum atomic E-state index is 12.6. The van der Waals surface area contributed by atoms with Gasteiger partial charge >= 0.3 is 0 Å². The smallest absolute Gasteiger partial charge is 0.259 e. The van der Waals surface area contributed by atoms with Crippen LogP contribution >= 0.6 is 23.1 Å². The number of aromatic nitrogens is 5. The Bertz CT molecular complexity index is 1310. The van der Waals surface area contributed by atoms with Crippen molar-refractivity contribution in [2.45, 2.75) is 38.1 Å². The normalized spacial score (nSPS) is 12.3. The standard InChI is InChI=1S/C20H20N6O2S2/c1-10-11(2)29-19-16(10)18(28)23-17(24-19)12(3)30-20-25-21-9-26(20)15-7-5-6-14(8-15)22-13(4)27/h5-9,12H,1-4H3,(H,22,27)(H,23,24,28)/t12-/m1/s1. The zero-order valence-electron chi connectivity index (χ0n) is 16.9. The molecule has 1 amide bonds. The molecule has 30 heavy (non-hydrogen) atoms. The Hall–Kier alpha value is -2.98. The summed E-state index contributed by atoms with van der Waals surface area (Å²) in [6.07, 6.45) is 1.62. The van der Waals surface area contributed by atoms with Crippen molar-refractivity contribution in [3.05, 3.63) is 57.2 Å². The van der Waals surface area contributed by atoms with E-state index in [4.69, 9.17) is 0 Å². The van der Waals surface area contributed by atoms with Crippen LogP contribution in [0.5, 0.6) is 0 Å². The van der Waals surface area contributed by atoms with E-state index in [1.165, 1.54) is 30.0 Å². The molecule has 3 aromatic heterocycles. The first-order chi connectivity index (χ1) is 14.3. The van der Waals surface area contributed by atoms with E-state index in [0.717, 1.165) is 21.0 Å². The van der Waals surface area contributed by atoms with E-state index in [1.807, 2.05) is 49.6 Å². The minimum Gasteiger partial charge on any atom is -0.326 e.